The predicted octanol–water partition coefficient (Wildman–Crippen LogP) is 3.25. The summed E-state index contributed by atoms with van der Waals surface area (Å²) in [5, 5.41) is 0. The van der Waals surface area contributed by atoms with Gasteiger partial charge in [-0.25, -0.2) is 0 Å². The quantitative estimate of drug-likeness (QED) is 0.784. The van der Waals surface area contributed by atoms with E-state index in [9.17, 15) is 9.59 Å². The van der Waals surface area contributed by atoms with Crippen molar-refractivity contribution in [2.24, 2.45) is 0 Å². The average Bonchev–Trinajstić information content (AvgIpc) is 3.20. The molecule has 0 saturated carbocycles. The van der Waals surface area contributed by atoms with Crippen molar-refractivity contribution < 1.29 is 14.3 Å². The normalized spacial score (nSPS) is 16.6. The minimum absolute atomic E-state index is 0.200. The fraction of sp³-hybridized carbons (Fsp3) is 0.273. The smallest absolute Gasteiger partial charge is 0.278 e. The van der Waals surface area contributed by atoms with Crippen molar-refractivity contribution in [3.8, 4) is 5.75 Å². The summed E-state index contributed by atoms with van der Waals surface area (Å²) in [6.07, 6.45) is 0.860. The van der Waals surface area contributed by atoms with Crippen LogP contribution in [0.2, 0.25) is 0 Å². The summed E-state index contributed by atoms with van der Waals surface area (Å²) in [6, 6.07) is 15.2. The van der Waals surface area contributed by atoms with Gasteiger partial charge in [0.05, 0.1) is 12.7 Å². The number of methoxy groups -OCH3 is 1. The van der Waals surface area contributed by atoms with Crippen LogP contribution in [0, 0.1) is 0 Å². The maximum atomic E-state index is 13.2. The van der Waals surface area contributed by atoms with Gasteiger partial charge in [-0.3, -0.25) is 14.5 Å². The number of para-hydroxylation sites is 1. The largest absolute Gasteiger partial charge is 0.497 e. The Balaban J connectivity index is 1.88. The molecule has 2 amide bonds. The van der Waals surface area contributed by atoms with Gasteiger partial charge in [0, 0.05) is 18.3 Å². The van der Waals surface area contributed by atoms with E-state index in [0.717, 1.165) is 17.7 Å². The van der Waals surface area contributed by atoms with Crippen molar-refractivity contribution >= 4 is 23.1 Å². The number of carbonyl (C=O) groups is 2. The highest BCUT2D eigenvalue weighted by molar-refractivity contribution is 6.37. The molecule has 2 aromatic rings. The lowest BCUT2D eigenvalue weighted by molar-refractivity contribution is -0.138. The van der Waals surface area contributed by atoms with E-state index in [0.29, 0.717) is 23.6 Å². The molecule has 4 rings (SSSR count). The number of nitrogens with zero attached hydrogens (tertiary/aromatic N) is 2. The Morgan fingerprint density at radius 3 is 2.33 bits per heavy atom. The summed E-state index contributed by atoms with van der Waals surface area (Å²) in [5.41, 5.74) is 3.88. The van der Waals surface area contributed by atoms with E-state index in [4.69, 9.17) is 4.74 Å². The van der Waals surface area contributed by atoms with Crippen molar-refractivity contribution in [1.82, 2.24) is 4.90 Å². The van der Waals surface area contributed by atoms with Gasteiger partial charge in [0.1, 0.15) is 11.4 Å². The molecule has 2 aromatic carbocycles. The van der Waals surface area contributed by atoms with Crippen LogP contribution in [0.1, 0.15) is 25.0 Å². The van der Waals surface area contributed by atoms with Gasteiger partial charge in [-0.1, -0.05) is 30.3 Å². The third-order valence-corrected chi connectivity index (χ3v) is 5.14. The van der Waals surface area contributed by atoms with Crippen LogP contribution in [0.25, 0.3) is 5.57 Å². The van der Waals surface area contributed by atoms with Gasteiger partial charge in [-0.05, 0) is 49.6 Å². The maximum Gasteiger partial charge on any atom is 0.278 e. The van der Waals surface area contributed by atoms with Crippen molar-refractivity contribution in [3.63, 3.8) is 0 Å². The molecular formula is C22H22N2O3. The van der Waals surface area contributed by atoms with Gasteiger partial charge in [-0.15, -0.1) is 0 Å². The average molecular weight is 362 g/mol. The molecule has 27 heavy (non-hydrogen) atoms. The molecule has 2 heterocycles. The Kier molecular flexibility index (Phi) is 4.22. The molecule has 0 saturated heterocycles. The number of imide groups is 1. The van der Waals surface area contributed by atoms with E-state index < -0.39 is 0 Å². The summed E-state index contributed by atoms with van der Waals surface area (Å²) in [7, 11) is 1.60. The van der Waals surface area contributed by atoms with Crippen LogP contribution in [-0.2, 0) is 16.0 Å². The standard InChI is InChI=1S/C22H22N2O3/c1-14(2)24-21(25)19(16-8-10-17(27-3)11-9-16)20(22(24)26)23-13-12-15-6-4-5-7-18(15)23/h4-11,14H,12-13H2,1-3H3. The lowest BCUT2D eigenvalue weighted by atomic mass is 10.0. The second-order valence-electron chi connectivity index (χ2n) is 7.06. The van der Waals surface area contributed by atoms with E-state index in [1.54, 1.807) is 7.11 Å². The van der Waals surface area contributed by atoms with Gasteiger partial charge in [0.15, 0.2) is 0 Å². The molecule has 0 unspecified atom stereocenters. The SMILES string of the molecule is COc1ccc(C2=C(N3CCc4ccccc43)C(=O)N(C(C)C)C2=O)cc1. The Bertz CT molecular complexity index is 944. The molecular weight excluding hydrogens is 340 g/mol. The second kappa shape index (κ2) is 6.58. The number of hydrogen-bond acceptors (Lipinski definition) is 4. The molecule has 0 spiro atoms. The first-order valence-corrected chi connectivity index (χ1v) is 9.15. The molecule has 0 fully saturated rings. The number of fused-ring (bicyclic) bond motifs is 1. The molecule has 0 N–H and O–H groups in total. The van der Waals surface area contributed by atoms with Crippen LogP contribution in [0.3, 0.4) is 0 Å². The van der Waals surface area contributed by atoms with Crippen molar-refractivity contribution in [1.29, 1.82) is 0 Å². The van der Waals surface area contributed by atoms with Gasteiger partial charge >= 0.3 is 0 Å². The lowest BCUT2D eigenvalue weighted by Gasteiger charge is -2.23. The number of hydrogen-bond donors (Lipinski definition) is 0. The second-order valence-corrected chi connectivity index (χ2v) is 7.06. The number of amides is 2. The van der Waals surface area contributed by atoms with Crippen LogP contribution >= 0.6 is 0 Å². The zero-order chi connectivity index (χ0) is 19.1. The molecule has 0 aromatic heterocycles. The van der Waals surface area contributed by atoms with Crippen LogP contribution in [0.15, 0.2) is 54.2 Å². The van der Waals surface area contributed by atoms with E-state index in [1.807, 2.05) is 61.2 Å². The van der Waals surface area contributed by atoms with Crippen LogP contribution in [0.5, 0.6) is 5.75 Å². The topological polar surface area (TPSA) is 49.9 Å². The molecule has 0 atom stereocenters. The number of benzene rings is 2. The first-order valence-electron chi connectivity index (χ1n) is 9.15. The minimum Gasteiger partial charge on any atom is -0.497 e. The molecule has 0 aliphatic carbocycles. The van der Waals surface area contributed by atoms with E-state index in [-0.39, 0.29) is 17.9 Å². The zero-order valence-corrected chi connectivity index (χ0v) is 15.7. The van der Waals surface area contributed by atoms with Gasteiger partial charge in [0.25, 0.3) is 11.8 Å². The van der Waals surface area contributed by atoms with Crippen molar-refractivity contribution in [3.05, 3.63) is 65.4 Å². The Labute approximate surface area is 158 Å². The van der Waals surface area contributed by atoms with Crippen molar-refractivity contribution in [2.45, 2.75) is 26.3 Å². The lowest BCUT2D eigenvalue weighted by Crippen LogP contribution is -2.39. The fourth-order valence-corrected chi connectivity index (χ4v) is 3.84. The third kappa shape index (κ3) is 2.70. The summed E-state index contributed by atoms with van der Waals surface area (Å²) in [4.78, 5) is 29.8. The van der Waals surface area contributed by atoms with Crippen molar-refractivity contribution in [2.75, 3.05) is 18.6 Å². The predicted molar refractivity (Wildman–Crippen MR) is 104 cm³/mol. The van der Waals surface area contributed by atoms with Crippen LogP contribution in [-0.4, -0.2) is 36.4 Å². The Morgan fingerprint density at radius 1 is 0.963 bits per heavy atom. The summed E-state index contributed by atoms with van der Waals surface area (Å²) in [6.45, 7) is 4.42. The summed E-state index contributed by atoms with van der Waals surface area (Å²) in [5.74, 6) is 0.252. The van der Waals surface area contributed by atoms with Gasteiger partial charge in [-0.2, -0.15) is 0 Å². The first-order chi connectivity index (χ1) is 13.0. The summed E-state index contributed by atoms with van der Waals surface area (Å²) < 4.78 is 5.22. The number of anilines is 1. The Morgan fingerprint density at radius 2 is 1.67 bits per heavy atom. The molecule has 2 aliphatic heterocycles. The molecule has 138 valence electrons. The highest BCUT2D eigenvalue weighted by Gasteiger charge is 2.44. The van der Waals surface area contributed by atoms with E-state index in [2.05, 4.69) is 6.07 Å². The van der Waals surface area contributed by atoms with Crippen LogP contribution in [0.4, 0.5) is 5.69 Å². The maximum absolute atomic E-state index is 13.2. The molecule has 2 aliphatic rings. The molecule has 0 radical (unpaired) electrons. The minimum atomic E-state index is -0.237. The molecule has 5 nitrogen and oxygen atoms in total. The Hall–Kier alpha value is -3.08. The van der Waals surface area contributed by atoms with Crippen LogP contribution < -0.4 is 9.64 Å². The fourth-order valence-electron chi connectivity index (χ4n) is 3.84. The first kappa shape index (κ1) is 17.3. The number of rotatable bonds is 4. The van der Waals surface area contributed by atoms with Gasteiger partial charge in [0.2, 0.25) is 0 Å². The van der Waals surface area contributed by atoms with E-state index in [1.165, 1.54) is 10.5 Å². The highest BCUT2D eigenvalue weighted by atomic mass is 16.5. The summed E-state index contributed by atoms with van der Waals surface area (Å²) >= 11 is 0. The third-order valence-electron chi connectivity index (χ3n) is 5.14. The number of ether oxygens (including phenoxy) is 1. The van der Waals surface area contributed by atoms with E-state index >= 15 is 0 Å². The highest BCUT2D eigenvalue weighted by Crippen LogP contribution is 2.39. The molecule has 5 heteroatoms. The molecule has 0 bridgehead atoms. The number of carbonyl (C=O) groups excluding carboxylic acids is 2. The zero-order valence-electron chi connectivity index (χ0n) is 15.7. The van der Waals surface area contributed by atoms with Gasteiger partial charge < -0.3 is 9.64 Å². The monoisotopic (exact) mass is 362 g/mol.